The number of aryl methyl sites for hydroxylation is 2. The average molecular weight is 387 g/mol. The lowest BCUT2D eigenvalue weighted by atomic mass is 10.1. The maximum absolute atomic E-state index is 13.1. The van der Waals surface area contributed by atoms with Crippen molar-refractivity contribution in [1.82, 2.24) is 9.88 Å². The van der Waals surface area contributed by atoms with E-state index in [2.05, 4.69) is 9.88 Å². The number of para-hydroxylation sites is 1. The number of benzene rings is 2. The van der Waals surface area contributed by atoms with E-state index in [1.807, 2.05) is 56.4 Å². The third-order valence-corrected chi connectivity index (χ3v) is 5.16. The molecule has 146 valence electrons. The standard InChI is InChI=1S/C23H21N3O3/c1-3-15-9-11-17(12-10-15)26-22(28)19(21(27)24-23(26)29)13-16-14-25(4-2)20-8-6-5-7-18(16)20/h5-14H,3-4H2,1-2H3,(H,24,27,29)/b19-13-. The molecule has 2 aromatic carbocycles. The highest BCUT2D eigenvalue weighted by atomic mass is 16.2. The Labute approximate surface area is 168 Å². The Hall–Kier alpha value is -3.67. The van der Waals surface area contributed by atoms with Gasteiger partial charge in [-0.05, 0) is 43.2 Å². The van der Waals surface area contributed by atoms with Crippen LogP contribution in [0.2, 0.25) is 0 Å². The molecule has 0 saturated carbocycles. The SMILES string of the molecule is CCc1ccc(N2C(=O)NC(=O)/C(=C/c3cn(CC)c4ccccc34)C2=O)cc1. The van der Waals surface area contributed by atoms with E-state index in [1.165, 1.54) is 0 Å². The van der Waals surface area contributed by atoms with Gasteiger partial charge in [-0.15, -0.1) is 0 Å². The molecule has 0 radical (unpaired) electrons. The first-order valence-corrected chi connectivity index (χ1v) is 9.61. The number of imide groups is 2. The van der Waals surface area contributed by atoms with E-state index in [9.17, 15) is 14.4 Å². The van der Waals surface area contributed by atoms with Crippen LogP contribution in [-0.2, 0) is 22.6 Å². The molecule has 6 heteroatoms. The zero-order chi connectivity index (χ0) is 20.5. The molecule has 1 N–H and O–H groups in total. The van der Waals surface area contributed by atoms with Gasteiger partial charge in [0.05, 0.1) is 5.69 Å². The van der Waals surface area contributed by atoms with Gasteiger partial charge in [0.2, 0.25) is 0 Å². The lowest BCUT2D eigenvalue weighted by Crippen LogP contribution is -2.54. The van der Waals surface area contributed by atoms with Crippen LogP contribution in [0, 0.1) is 0 Å². The quantitative estimate of drug-likeness (QED) is 0.545. The summed E-state index contributed by atoms with van der Waals surface area (Å²) >= 11 is 0. The Balaban J connectivity index is 1.78. The van der Waals surface area contributed by atoms with E-state index in [1.54, 1.807) is 18.2 Å². The van der Waals surface area contributed by atoms with Crippen LogP contribution in [0.15, 0.2) is 60.3 Å². The fraction of sp³-hybridized carbons (Fsp3) is 0.174. The summed E-state index contributed by atoms with van der Waals surface area (Å²) in [5.41, 5.74) is 3.24. The fourth-order valence-electron chi connectivity index (χ4n) is 3.58. The third kappa shape index (κ3) is 3.23. The number of amides is 4. The summed E-state index contributed by atoms with van der Waals surface area (Å²) in [4.78, 5) is 38.9. The molecular weight excluding hydrogens is 366 g/mol. The van der Waals surface area contributed by atoms with Crippen molar-refractivity contribution < 1.29 is 14.4 Å². The number of rotatable bonds is 4. The van der Waals surface area contributed by atoms with Crippen LogP contribution in [0.3, 0.4) is 0 Å². The predicted molar refractivity (Wildman–Crippen MR) is 112 cm³/mol. The summed E-state index contributed by atoms with van der Waals surface area (Å²) in [6.45, 7) is 4.82. The van der Waals surface area contributed by atoms with Crippen molar-refractivity contribution >= 4 is 40.5 Å². The van der Waals surface area contributed by atoms with Gasteiger partial charge in [0.25, 0.3) is 11.8 Å². The second-order valence-electron chi connectivity index (χ2n) is 6.87. The number of nitrogens with zero attached hydrogens (tertiary/aromatic N) is 2. The molecule has 6 nitrogen and oxygen atoms in total. The smallest absolute Gasteiger partial charge is 0.335 e. The zero-order valence-electron chi connectivity index (χ0n) is 16.3. The van der Waals surface area contributed by atoms with Gasteiger partial charge in [-0.25, -0.2) is 9.69 Å². The minimum atomic E-state index is -0.739. The molecule has 0 bridgehead atoms. The first kappa shape index (κ1) is 18.7. The van der Waals surface area contributed by atoms with Crippen molar-refractivity contribution in [3.05, 3.63) is 71.4 Å². The average Bonchev–Trinajstić information content (AvgIpc) is 3.09. The topological polar surface area (TPSA) is 71.4 Å². The number of carbonyl (C=O) groups excluding carboxylic acids is 3. The van der Waals surface area contributed by atoms with Crippen molar-refractivity contribution in [2.45, 2.75) is 26.8 Å². The summed E-state index contributed by atoms with van der Waals surface area (Å²) in [5.74, 6) is -1.31. The summed E-state index contributed by atoms with van der Waals surface area (Å²) in [7, 11) is 0. The maximum atomic E-state index is 13.1. The molecule has 0 spiro atoms. The van der Waals surface area contributed by atoms with Gasteiger partial charge in [0, 0.05) is 29.2 Å². The summed E-state index contributed by atoms with van der Waals surface area (Å²) < 4.78 is 2.05. The van der Waals surface area contributed by atoms with Gasteiger partial charge in [0.15, 0.2) is 0 Å². The second kappa shape index (κ2) is 7.39. The van der Waals surface area contributed by atoms with Crippen molar-refractivity contribution in [3.8, 4) is 0 Å². The fourth-order valence-corrected chi connectivity index (χ4v) is 3.58. The van der Waals surface area contributed by atoms with E-state index in [0.29, 0.717) is 5.69 Å². The molecule has 4 amide bonds. The Morgan fingerprint density at radius 3 is 2.38 bits per heavy atom. The largest absolute Gasteiger partial charge is 0.347 e. The number of anilines is 1. The molecule has 1 fully saturated rings. The first-order valence-electron chi connectivity index (χ1n) is 9.61. The zero-order valence-corrected chi connectivity index (χ0v) is 16.3. The van der Waals surface area contributed by atoms with Crippen molar-refractivity contribution in [2.75, 3.05) is 4.90 Å². The van der Waals surface area contributed by atoms with E-state index in [-0.39, 0.29) is 5.57 Å². The summed E-state index contributed by atoms with van der Waals surface area (Å²) in [5, 5.41) is 3.22. The molecule has 0 unspecified atom stereocenters. The van der Waals surface area contributed by atoms with Crippen LogP contribution in [0.1, 0.15) is 25.0 Å². The van der Waals surface area contributed by atoms with Gasteiger partial charge in [-0.2, -0.15) is 0 Å². The van der Waals surface area contributed by atoms with Gasteiger partial charge in [-0.1, -0.05) is 37.3 Å². The van der Waals surface area contributed by atoms with Crippen LogP contribution >= 0.6 is 0 Å². The molecule has 29 heavy (non-hydrogen) atoms. The predicted octanol–water partition coefficient (Wildman–Crippen LogP) is 3.89. The Morgan fingerprint density at radius 1 is 0.966 bits per heavy atom. The molecule has 1 aromatic heterocycles. The first-order chi connectivity index (χ1) is 14.0. The van der Waals surface area contributed by atoms with Crippen LogP contribution in [-0.4, -0.2) is 22.4 Å². The van der Waals surface area contributed by atoms with E-state index in [0.717, 1.165) is 39.9 Å². The lowest BCUT2D eigenvalue weighted by Gasteiger charge is -2.26. The number of urea groups is 1. The van der Waals surface area contributed by atoms with Crippen LogP contribution in [0.5, 0.6) is 0 Å². The Morgan fingerprint density at radius 2 is 1.69 bits per heavy atom. The summed E-state index contributed by atoms with van der Waals surface area (Å²) in [6, 6.07) is 14.2. The van der Waals surface area contributed by atoms with Gasteiger partial charge in [-0.3, -0.25) is 14.9 Å². The highest BCUT2D eigenvalue weighted by molar-refractivity contribution is 6.39. The number of fused-ring (bicyclic) bond motifs is 1. The number of nitrogens with one attached hydrogen (secondary N) is 1. The van der Waals surface area contributed by atoms with Crippen molar-refractivity contribution in [2.24, 2.45) is 0 Å². The monoisotopic (exact) mass is 387 g/mol. The number of aromatic nitrogens is 1. The molecule has 2 heterocycles. The normalized spacial score (nSPS) is 16.0. The summed E-state index contributed by atoms with van der Waals surface area (Å²) in [6.07, 6.45) is 4.33. The van der Waals surface area contributed by atoms with E-state index < -0.39 is 17.8 Å². The highest BCUT2D eigenvalue weighted by Crippen LogP contribution is 2.26. The van der Waals surface area contributed by atoms with Crippen LogP contribution in [0.4, 0.5) is 10.5 Å². The maximum Gasteiger partial charge on any atom is 0.335 e. The molecule has 4 rings (SSSR count). The van der Waals surface area contributed by atoms with E-state index in [4.69, 9.17) is 0 Å². The Kier molecular flexibility index (Phi) is 4.76. The van der Waals surface area contributed by atoms with Gasteiger partial charge in [0.1, 0.15) is 5.57 Å². The molecule has 3 aromatic rings. The second-order valence-corrected chi connectivity index (χ2v) is 6.87. The molecule has 1 aliphatic heterocycles. The molecule has 0 atom stereocenters. The minimum Gasteiger partial charge on any atom is -0.347 e. The minimum absolute atomic E-state index is 0.0665. The molecule has 0 aliphatic carbocycles. The van der Waals surface area contributed by atoms with Crippen LogP contribution in [0.25, 0.3) is 17.0 Å². The number of barbiturate groups is 1. The number of carbonyl (C=O) groups is 3. The number of hydrogen-bond acceptors (Lipinski definition) is 3. The van der Waals surface area contributed by atoms with Gasteiger partial charge < -0.3 is 4.57 Å². The third-order valence-electron chi connectivity index (χ3n) is 5.16. The van der Waals surface area contributed by atoms with Crippen molar-refractivity contribution in [3.63, 3.8) is 0 Å². The van der Waals surface area contributed by atoms with Gasteiger partial charge >= 0.3 is 6.03 Å². The molecular formula is C23H21N3O3. The van der Waals surface area contributed by atoms with Crippen LogP contribution < -0.4 is 10.2 Å². The lowest BCUT2D eigenvalue weighted by molar-refractivity contribution is -0.122. The molecule has 1 saturated heterocycles. The molecule has 1 aliphatic rings. The Bertz CT molecular complexity index is 1160. The highest BCUT2D eigenvalue weighted by Gasteiger charge is 2.36. The van der Waals surface area contributed by atoms with Crippen molar-refractivity contribution in [1.29, 1.82) is 0 Å². The number of hydrogen-bond donors (Lipinski definition) is 1. The van der Waals surface area contributed by atoms with E-state index >= 15 is 0 Å².